The van der Waals surface area contributed by atoms with Crippen molar-refractivity contribution < 1.29 is 19.0 Å². The van der Waals surface area contributed by atoms with Crippen LogP contribution < -0.4 is 9.47 Å². The van der Waals surface area contributed by atoms with Gasteiger partial charge in [-0.2, -0.15) is 0 Å². The lowest BCUT2D eigenvalue weighted by Crippen LogP contribution is -2.23. The van der Waals surface area contributed by atoms with Crippen LogP contribution in [0.2, 0.25) is 0 Å². The summed E-state index contributed by atoms with van der Waals surface area (Å²) in [6.45, 7) is 0.158. The van der Waals surface area contributed by atoms with Crippen molar-refractivity contribution in [2.75, 3.05) is 20.8 Å². The van der Waals surface area contributed by atoms with E-state index in [0.29, 0.717) is 11.5 Å². The highest BCUT2D eigenvalue weighted by atomic mass is 79.9. The number of carbonyl (C=O) groups is 1. The van der Waals surface area contributed by atoms with E-state index in [0.717, 1.165) is 4.47 Å². The Hall–Kier alpha value is -0.750. The second-order valence-corrected chi connectivity index (χ2v) is 5.03. The standard InChI is InChI=1S/C11H12Br2O4/c1-15-9-5-3-4-7(12)10(9)17-6-8(13)11(14)16-2/h3-5,8H,6H2,1-2H3. The highest BCUT2D eigenvalue weighted by Gasteiger charge is 2.18. The molecule has 0 bridgehead atoms. The van der Waals surface area contributed by atoms with E-state index in [4.69, 9.17) is 9.47 Å². The maximum atomic E-state index is 11.2. The minimum atomic E-state index is -0.510. The fourth-order valence-corrected chi connectivity index (χ4v) is 1.92. The zero-order valence-corrected chi connectivity index (χ0v) is 12.6. The van der Waals surface area contributed by atoms with E-state index in [2.05, 4.69) is 36.6 Å². The Morgan fingerprint density at radius 3 is 2.71 bits per heavy atom. The third-order valence-corrected chi connectivity index (χ3v) is 3.24. The fraction of sp³-hybridized carbons (Fsp3) is 0.364. The van der Waals surface area contributed by atoms with Gasteiger partial charge in [0.25, 0.3) is 0 Å². The first-order valence-electron chi connectivity index (χ1n) is 4.77. The molecule has 1 aromatic rings. The molecule has 4 nitrogen and oxygen atoms in total. The number of hydrogen-bond acceptors (Lipinski definition) is 4. The van der Waals surface area contributed by atoms with Crippen LogP contribution in [-0.2, 0) is 9.53 Å². The summed E-state index contributed by atoms with van der Waals surface area (Å²) in [4.78, 5) is 10.7. The van der Waals surface area contributed by atoms with Crippen molar-refractivity contribution in [2.24, 2.45) is 0 Å². The van der Waals surface area contributed by atoms with Gasteiger partial charge in [0, 0.05) is 0 Å². The number of esters is 1. The van der Waals surface area contributed by atoms with Crippen molar-refractivity contribution in [3.05, 3.63) is 22.7 Å². The number of ether oxygens (including phenoxy) is 3. The SMILES string of the molecule is COC(=O)C(Br)COc1c(Br)cccc1OC. The molecule has 0 saturated heterocycles. The van der Waals surface area contributed by atoms with Crippen LogP contribution in [0, 0.1) is 0 Å². The van der Waals surface area contributed by atoms with E-state index < -0.39 is 4.83 Å². The number of benzene rings is 1. The van der Waals surface area contributed by atoms with Gasteiger partial charge in [-0.05, 0) is 28.1 Å². The van der Waals surface area contributed by atoms with Crippen LogP contribution in [0.3, 0.4) is 0 Å². The molecule has 0 spiro atoms. The first-order chi connectivity index (χ1) is 8.10. The van der Waals surface area contributed by atoms with Gasteiger partial charge in [0.1, 0.15) is 11.4 Å². The number of carbonyl (C=O) groups excluding carboxylic acids is 1. The van der Waals surface area contributed by atoms with Crippen LogP contribution in [0.1, 0.15) is 0 Å². The lowest BCUT2D eigenvalue weighted by molar-refractivity contribution is -0.140. The average Bonchev–Trinajstić information content (AvgIpc) is 2.35. The molecule has 1 unspecified atom stereocenters. The molecule has 0 aliphatic heterocycles. The summed E-state index contributed by atoms with van der Waals surface area (Å²) in [7, 11) is 2.89. The molecule has 0 amide bonds. The number of alkyl halides is 1. The van der Waals surface area contributed by atoms with E-state index in [1.165, 1.54) is 7.11 Å². The van der Waals surface area contributed by atoms with Crippen molar-refractivity contribution >= 4 is 37.8 Å². The van der Waals surface area contributed by atoms with Crippen LogP contribution >= 0.6 is 31.9 Å². The third kappa shape index (κ3) is 3.89. The summed E-state index contributed by atoms with van der Waals surface area (Å²) in [5.41, 5.74) is 0. The first kappa shape index (κ1) is 14.3. The normalized spacial score (nSPS) is 11.8. The van der Waals surface area contributed by atoms with Crippen molar-refractivity contribution in [1.29, 1.82) is 0 Å². The molecule has 0 fully saturated rings. The Kier molecular flexibility index (Phi) is 5.77. The molecule has 1 rings (SSSR count). The van der Waals surface area contributed by atoms with Gasteiger partial charge in [0.05, 0.1) is 18.7 Å². The monoisotopic (exact) mass is 366 g/mol. The van der Waals surface area contributed by atoms with Gasteiger partial charge in [-0.1, -0.05) is 22.0 Å². The van der Waals surface area contributed by atoms with Gasteiger partial charge in [0.15, 0.2) is 11.5 Å². The molecule has 17 heavy (non-hydrogen) atoms. The lowest BCUT2D eigenvalue weighted by atomic mass is 10.3. The average molecular weight is 368 g/mol. The highest BCUT2D eigenvalue weighted by molar-refractivity contribution is 9.10. The summed E-state index contributed by atoms with van der Waals surface area (Å²) in [5, 5.41) is 0. The highest BCUT2D eigenvalue weighted by Crippen LogP contribution is 2.35. The van der Waals surface area contributed by atoms with Gasteiger partial charge < -0.3 is 14.2 Å². The summed E-state index contributed by atoms with van der Waals surface area (Å²) in [5.74, 6) is 0.781. The molecular formula is C11H12Br2O4. The molecule has 0 aliphatic rings. The van der Waals surface area contributed by atoms with Gasteiger partial charge in [-0.15, -0.1) is 0 Å². The number of hydrogen-bond donors (Lipinski definition) is 0. The number of methoxy groups -OCH3 is 2. The number of para-hydroxylation sites is 1. The lowest BCUT2D eigenvalue weighted by Gasteiger charge is -2.14. The van der Waals surface area contributed by atoms with Crippen molar-refractivity contribution in [2.45, 2.75) is 4.83 Å². The Balaban J connectivity index is 2.72. The minimum absolute atomic E-state index is 0.158. The molecule has 1 aromatic carbocycles. The third-order valence-electron chi connectivity index (χ3n) is 1.98. The Morgan fingerprint density at radius 2 is 2.12 bits per heavy atom. The van der Waals surface area contributed by atoms with Crippen LogP contribution in [0.25, 0.3) is 0 Å². The van der Waals surface area contributed by atoms with E-state index in [1.807, 2.05) is 12.1 Å². The molecule has 0 heterocycles. The molecule has 0 radical (unpaired) electrons. The molecule has 0 saturated carbocycles. The molecule has 0 N–H and O–H groups in total. The van der Waals surface area contributed by atoms with Crippen molar-refractivity contribution in [3.8, 4) is 11.5 Å². The maximum absolute atomic E-state index is 11.2. The summed E-state index contributed by atoms with van der Waals surface area (Å²) >= 11 is 6.53. The Bertz CT molecular complexity index is 395. The summed E-state index contributed by atoms with van der Waals surface area (Å²) in [6, 6.07) is 5.45. The van der Waals surface area contributed by atoms with E-state index in [9.17, 15) is 4.79 Å². The fourth-order valence-electron chi connectivity index (χ4n) is 1.14. The minimum Gasteiger partial charge on any atom is -0.493 e. The van der Waals surface area contributed by atoms with Gasteiger partial charge in [0.2, 0.25) is 0 Å². The summed E-state index contributed by atoms with van der Waals surface area (Å²) in [6.07, 6.45) is 0. The van der Waals surface area contributed by atoms with Crippen LogP contribution in [0.4, 0.5) is 0 Å². The molecule has 1 atom stereocenters. The van der Waals surface area contributed by atoms with Crippen LogP contribution in [0.15, 0.2) is 22.7 Å². The first-order valence-corrected chi connectivity index (χ1v) is 6.48. The molecule has 0 aromatic heterocycles. The second-order valence-electron chi connectivity index (χ2n) is 3.07. The Morgan fingerprint density at radius 1 is 1.41 bits per heavy atom. The molecule has 6 heteroatoms. The molecular weight excluding hydrogens is 356 g/mol. The van der Waals surface area contributed by atoms with E-state index in [1.54, 1.807) is 13.2 Å². The van der Waals surface area contributed by atoms with Gasteiger partial charge >= 0.3 is 5.97 Å². The smallest absolute Gasteiger partial charge is 0.322 e. The van der Waals surface area contributed by atoms with Gasteiger partial charge in [-0.3, -0.25) is 4.79 Å². The summed E-state index contributed by atoms with van der Waals surface area (Å²) < 4.78 is 16.0. The maximum Gasteiger partial charge on any atom is 0.322 e. The van der Waals surface area contributed by atoms with Crippen molar-refractivity contribution in [3.63, 3.8) is 0 Å². The van der Waals surface area contributed by atoms with Crippen molar-refractivity contribution in [1.82, 2.24) is 0 Å². The predicted molar refractivity (Wildman–Crippen MR) is 70.9 cm³/mol. The zero-order chi connectivity index (χ0) is 12.8. The number of rotatable bonds is 5. The van der Waals surface area contributed by atoms with Crippen LogP contribution in [0.5, 0.6) is 11.5 Å². The predicted octanol–water partition coefficient (Wildman–Crippen LogP) is 2.77. The van der Waals surface area contributed by atoms with Crippen LogP contribution in [-0.4, -0.2) is 31.6 Å². The largest absolute Gasteiger partial charge is 0.493 e. The quantitative estimate of drug-likeness (QED) is 0.593. The number of halogens is 2. The van der Waals surface area contributed by atoms with E-state index >= 15 is 0 Å². The topological polar surface area (TPSA) is 44.8 Å². The second kappa shape index (κ2) is 6.86. The van der Waals surface area contributed by atoms with Gasteiger partial charge in [-0.25, -0.2) is 0 Å². The van der Waals surface area contributed by atoms with E-state index in [-0.39, 0.29) is 12.6 Å². The zero-order valence-electron chi connectivity index (χ0n) is 9.41. The molecule has 94 valence electrons. The molecule has 0 aliphatic carbocycles. The Labute approximate surface area is 116 Å².